The Bertz CT molecular complexity index is 706. The van der Waals surface area contributed by atoms with E-state index in [1.807, 2.05) is 0 Å². The van der Waals surface area contributed by atoms with E-state index >= 15 is 0 Å². The summed E-state index contributed by atoms with van der Waals surface area (Å²) < 4.78 is 5.05. The van der Waals surface area contributed by atoms with Crippen LogP contribution in [0.15, 0.2) is 18.2 Å². The lowest BCUT2D eigenvalue weighted by molar-refractivity contribution is -0.116. The third-order valence-corrected chi connectivity index (χ3v) is 3.04. The van der Waals surface area contributed by atoms with Crippen molar-refractivity contribution in [1.82, 2.24) is 10.6 Å². The lowest BCUT2D eigenvalue weighted by Gasteiger charge is -2.19. The van der Waals surface area contributed by atoms with Gasteiger partial charge in [-0.05, 0) is 39.0 Å². The third kappa shape index (κ3) is 4.55. The van der Waals surface area contributed by atoms with Crippen molar-refractivity contribution in [3.63, 3.8) is 0 Å². The molecule has 1 heterocycles. The van der Waals surface area contributed by atoms with Crippen LogP contribution in [0.25, 0.3) is 0 Å². The maximum absolute atomic E-state index is 11.9. The molecule has 4 amide bonds. The quantitative estimate of drug-likeness (QED) is 0.721. The normalized spacial score (nSPS) is 13.1. The molecule has 1 aliphatic rings. The minimum atomic E-state index is -0.602. The van der Waals surface area contributed by atoms with Crippen LogP contribution in [0.3, 0.4) is 0 Å². The van der Waals surface area contributed by atoms with Crippen molar-refractivity contribution >= 4 is 29.5 Å². The van der Waals surface area contributed by atoms with Crippen molar-refractivity contribution in [2.24, 2.45) is 0 Å². The Hall–Kier alpha value is -2.90. The summed E-state index contributed by atoms with van der Waals surface area (Å²) in [6.45, 7) is 5.35. The van der Waals surface area contributed by atoms with Gasteiger partial charge in [0.2, 0.25) is 5.91 Å². The van der Waals surface area contributed by atoms with Crippen molar-refractivity contribution in [2.75, 3.05) is 11.9 Å². The van der Waals surface area contributed by atoms with Crippen LogP contribution < -0.4 is 16.0 Å². The van der Waals surface area contributed by atoms with Crippen molar-refractivity contribution < 1.29 is 23.9 Å². The van der Waals surface area contributed by atoms with Gasteiger partial charge in [-0.1, -0.05) is 0 Å². The highest BCUT2D eigenvalue weighted by Gasteiger charge is 2.26. The molecule has 1 aromatic carbocycles. The highest BCUT2D eigenvalue weighted by atomic mass is 16.6. The molecule has 0 aliphatic carbocycles. The number of carbonyl (C=O) groups excluding carboxylic acids is 4. The van der Waals surface area contributed by atoms with Crippen molar-refractivity contribution in [3.8, 4) is 0 Å². The molecule has 0 saturated carbocycles. The van der Waals surface area contributed by atoms with Gasteiger partial charge in [0.15, 0.2) is 0 Å². The Kier molecular flexibility index (Phi) is 4.87. The fourth-order valence-electron chi connectivity index (χ4n) is 2.06. The van der Waals surface area contributed by atoms with E-state index in [4.69, 9.17) is 4.74 Å². The molecule has 3 N–H and O–H groups in total. The molecular weight excluding hydrogens is 314 g/mol. The van der Waals surface area contributed by atoms with Crippen LogP contribution in [-0.4, -0.2) is 36.0 Å². The van der Waals surface area contributed by atoms with Crippen LogP contribution in [-0.2, 0) is 9.53 Å². The van der Waals surface area contributed by atoms with Crippen LogP contribution in [0.4, 0.5) is 10.5 Å². The summed E-state index contributed by atoms with van der Waals surface area (Å²) in [7, 11) is 0. The van der Waals surface area contributed by atoms with E-state index in [0.717, 1.165) is 0 Å². The summed E-state index contributed by atoms with van der Waals surface area (Å²) in [6, 6.07) is 4.45. The number of imide groups is 1. The second kappa shape index (κ2) is 6.69. The minimum absolute atomic E-state index is 0.0431. The predicted octanol–water partition coefficient (Wildman–Crippen LogP) is 1.42. The highest BCUT2D eigenvalue weighted by molar-refractivity contribution is 6.22. The van der Waals surface area contributed by atoms with Crippen LogP contribution in [0.5, 0.6) is 0 Å². The Balaban J connectivity index is 1.83. The van der Waals surface area contributed by atoms with Gasteiger partial charge in [0.05, 0.1) is 11.1 Å². The Morgan fingerprint density at radius 2 is 1.79 bits per heavy atom. The summed E-state index contributed by atoms with van der Waals surface area (Å²) in [5, 5.41) is 7.26. The van der Waals surface area contributed by atoms with Gasteiger partial charge in [0, 0.05) is 18.7 Å². The molecule has 8 heteroatoms. The number of carbonyl (C=O) groups is 4. The van der Waals surface area contributed by atoms with Gasteiger partial charge < -0.3 is 15.4 Å². The maximum atomic E-state index is 11.9. The molecule has 2 rings (SSSR count). The number of hydrogen-bond donors (Lipinski definition) is 3. The van der Waals surface area contributed by atoms with E-state index < -0.39 is 23.5 Å². The lowest BCUT2D eigenvalue weighted by atomic mass is 10.1. The monoisotopic (exact) mass is 333 g/mol. The number of rotatable bonds is 4. The van der Waals surface area contributed by atoms with Crippen LogP contribution in [0, 0.1) is 0 Å². The SMILES string of the molecule is CC(C)(C)OC(=O)NCCC(=O)Nc1ccc2c(c1)C(=O)NC2=O. The van der Waals surface area contributed by atoms with Crippen molar-refractivity contribution in [3.05, 3.63) is 29.3 Å². The number of alkyl carbamates (subject to hydrolysis) is 1. The average Bonchev–Trinajstić information content (AvgIpc) is 2.71. The summed E-state index contributed by atoms with van der Waals surface area (Å²) in [4.78, 5) is 46.3. The zero-order chi connectivity index (χ0) is 17.9. The highest BCUT2D eigenvalue weighted by Crippen LogP contribution is 2.20. The van der Waals surface area contributed by atoms with E-state index in [-0.39, 0.29) is 30.0 Å². The summed E-state index contributed by atoms with van der Waals surface area (Å²) >= 11 is 0. The first kappa shape index (κ1) is 17.5. The Labute approximate surface area is 138 Å². The second-order valence-electron chi connectivity index (χ2n) is 6.27. The van der Waals surface area contributed by atoms with E-state index in [1.54, 1.807) is 20.8 Å². The second-order valence-corrected chi connectivity index (χ2v) is 6.27. The molecule has 0 radical (unpaired) electrons. The number of ether oxygens (including phenoxy) is 1. The Morgan fingerprint density at radius 1 is 1.12 bits per heavy atom. The fraction of sp³-hybridized carbons (Fsp3) is 0.375. The lowest BCUT2D eigenvalue weighted by Crippen LogP contribution is -2.34. The van der Waals surface area contributed by atoms with E-state index in [9.17, 15) is 19.2 Å². The summed E-state index contributed by atoms with van der Waals surface area (Å²) in [5.41, 5.74) is 0.310. The Morgan fingerprint density at radius 3 is 2.46 bits per heavy atom. The van der Waals surface area contributed by atoms with Gasteiger partial charge in [-0.15, -0.1) is 0 Å². The van der Waals surface area contributed by atoms with Crippen LogP contribution in [0.1, 0.15) is 47.9 Å². The van der Waals surface area contributed by atoms with Gasteiger partial charge >= 0.3 is 6.09 Å². The predicted molar refractivity (Wildman–Crippen MR) is 85.7 cm³/mol. The molecule has 0 unspecified atom stereocenters. The first-order chi connectivity index (χ1) is 11.2. The number of nitrogens with one attached hydrogen (secondary N) is 3. The zero-order valence-electron chi connectivity index (χ0n) is 13.7. The molecule has 0 bridgehead atoms. The van der Waals surface area contributed by atoms with E-state index in [1.165, 1.54) is 18.2 Å². The van der Waals surface area contributed by atoms with Gasteiger partial charge in [-0.3, -0.25) is 19.7 Å². The average molecular weight is 333 g/mol. The van der Waals surface area contributed by atoms with Gasteiger partial charge in [0.1, 0.15) is 5.60 Å². The molecule has 0 spiro atoms. The smallest absolute Gasteiger partial charge is 0.407 e. The standard InChI is InChI=1S/C16H19N3O5/c1-16(2,3)24-15(23)17-7-6-12(20)18-9-4-5-10-11(8-9)14(22)19-13(10)21/h4-5,8H,6-7H2,1-3H3,(H,17,23)(H,18,20)(H,19,21,22). The zero-order valence-corrected chi connectivity index (χ0v) is 13.7. The molecule has 0 atom stereocenters. The molecule has 128 valence electrons. The van der Waals surface area contributed by atoms with Gasteiger partial charge in [0.25, 0.3) is 11.8 Å². The first-order valence-electron chi connectivity index (χ1n) is 7.42. The van der Waals surface area contributed by atoms with Crippen LogP contribution >= 0.6 is 0 Å². The molecule has 0 fully saturated rings. The number of fused-ring (bicyclic) bond motifs is 1. The maximum Gasteiger partial charge on any atom is 0.407 e. The van der Waals surface area contributed by atoms with Gasteiger partial charge in [-0.25, -0.2) is 4.79 Å². The number of benzene rings is 1. The van der Waals surface area contributed by atoms with Gasteiger partial charge in [-0.2, -0.15) is 0 Å². The fourth-order valence-corrected chi connectivity index (χ4v) is 2.06. The van der Waals surface area contributed by atoms with Crippen molar-refractivity contribution in [2.45, 2.75) is 32.8 Å². The largest absolute Gasteiger partial charge is 0.444 e. The van der Waals surface area contributed by atoms with Crippen LogP contribution in [0.2, 0.25) is 0 Å². The minimum Gasteiger partial charge on any atom is -0.444 e. The molecule has 0 aromatic heterocycles. The molecule has 1 aromatic rings. The van der Waals surface area contributed by atoms with Crippen molar-refractivity contribution in [1.29, 1.82) is 0 Å². The summed E-state index contributed by atoms with van der Waals surface area (Å²) in [6.07, 6.45) is -0.551. The molecule has 8 nitrogen and oxygen atoms in total. The van der Waals surface area contributed by atoms with E-state index in [2.05, 4.69) is 16.0 Å². The third-order valence-electron chi connectivity index (χ3n) is 3.04. The van der Waals surface area contributed by atoms with E-state index in [0.29, 0.717) is 5.69 Å². The topological polar surface area (TPSA) is 114 Å². The number of anilines is 1. The molecule has 1 aliphatic heterocycles. The molecule has 24 heavy (non-hydrogen) atoms. The summed E-state index contributed by atoms with van der Waals surface area (Å²) in [5.74, 6) is -1.28. The first-order valence-corrected chi connectivity index (χ1v) is 7.42. The molecule has 0 saturated heterocycles. The number of amides is 4. The number of hydrogen-bond acceptors (Lipinski definition) is 5. The molecular formula is C16H19N3O5.